The Morgan fingerprint density at radius 1 is 1.57 bits per heavy atom. The standard InChI is InChI=1S/C9H17F2NO2/c1-3-4-9(2,8(10)11)5-6(12)7(13)14/h6,8H,3-5,12H2,1-2H3,(H,13,14)/t6-,9-/m0/s1. The second-order valence-electron chi connectivity index (χ2n) is 3.85. The summed E-state index contributed by atoms with van der Waals surface area (Å²) in [5, 5.41) is 8.53. The van der Waals surface area contributed by atoms with Crippen LogP contribution in [0.25, 0.3) is 0 Å². The molecular formula is C9H17F2NO2. The lowest BCUT2D eigenvalue weighted by Crippen LogP contribution is -2.39. The molecule has 0 aromatic heterocycles. The van der Waals surface area contributed by atoms with E-state index in [1.807, 2.05) is 0 Å². The van der Waals surface area contributed by atoms with Crippen molar-refractivity contribution in [2.45, 2.75) is 45.6 Å². The first-order chi connectivity index (χ1) is 6.33. The fourth-order valence-corrected chi connectivity index (χ4v) is 1.46. The highest BCUT2D eigenvalue weighted by molar-refractivity contribution is 5.73. The van der Waals surface area contributed by atoms with Crippen molar-refractivity contribution in [3.63, 3.8) is 0 Å². The maximum absolute atomic E-state index is 12.6. The Morgan fingerprint density at radius 2 is 2.07 bits per heavy atom. The second-order valence-corrected chi connectivity index (χ2v) is 3.85. The zero-order valence-corrected chi connectivity index (χ0v) is 8.46. The summed E-state index contributed by atoms with van der Waals surface area (Å²) < 4.78 is 25.3. The first-order valence-electron chi connectivity index (χ1n) is 4.60. The highest BCUT2D eigenvalue weighted by atomic mass is 19.3. The largest absolute Gasteiger partial charge is 0.480 e. The monoisotopic (exact) mass is 209 g/mol. The first kappa shape index (κ1) is 13.3. The van der Waals surface area contributed by atoms with Crippen molar-refractivity contribution in [1.29, 1.82) is 0 Å². The fourth-order valence-electron chi connectivity index (χ4n) is 1.46. The van der Waals surface area contributed by atoms with E-state index in [0.717, 1.165) is 0 Å². The van der Waals surface area contributed by atoms with Crippen molar-refractivity contribution in [3.05, 3.63) is 0 Å². The molecule has 0 rings (SSSR count). The molecule has 14 heavy (non-hydrogen) atoms. The third-order valence-electron chi connectivity index (χ3n) is 2.35. The van der Waals surface area contributed by atoms with Gasteiger partial charge in [0.2, 0.25) is 6.43 Å². The molecule has 2 atom stereocenters. The predicted octanol–water partition coefficient (Wildman–Crippen LogP) is 1.86. The van der Waals surface area contributed by atoms with Gasteiger partial charge in [-0.05, 0) is 12.8 Å². The Balaban J connectivity index is 4.43. The molecule has 0 fully saturated rings. The summed E-state index contributed by atoms with van der Waals surface area (Å²) in [6.45, 7) is 3.16. The molecule has 0 aromatic rings. The highest BCUT2D eigenvalue weighted by Gasteiger charge is 2.37. The molecule has 0 aliphatic heterocycles. The molecule has 0 bridgehead atoms. The number of alkyl halides is 2. The van der Waals surface area contributed by atoms with Crippen molar-refractivity contribution >= 4 is 5.97 Å². The van der Waals surface area contributed by atoms with Gasteiger partial charge in [-0.1, -0.05) is 20.3 Å². The summed E-state index contributed by atoms with van der Waals surface area (Å²) in [5.41, 5.74) is 3.95. The molecule has 0 aromatic carbocycles. The van der Waals surface area contributed by atoms with Gasteiger partial charge in [-0.3, -0.25) is 4.79 Å². The summed E-state index contributed by atoms with van der Waals surface area (Å²) in [5.74, 6) is -1.23. The summed E-state index contributed by atoms with van der Waals surface area (Å²) in [7, 11) is 0. The first-order valence-corrected chi connectivity index (χ1v) is 4.60. The van der Waals surface area contributed by atoms with Gasteiger partial charge in [-0.15, -0.1) is 0 Å². The number of aliphatic carboxylic acids is 1. The van der Waals surface area contributed by atoms with Gasteiger partial charge in [0.25, 0.3) is 0 Å². The Kier molecular flexibility index (Phi) is 4.97. The molecule has 0 saturated heterocycles. The van der Waals surface area contributed by atoms with Crippen LogP contribution in [0.4, 0.5) is 8.78 Å². The lowest BCUT2D eigenvalue weighted by atomic mass is 9.80. The van der Waals surface area contributed by atoms with Gasteiger partial charge in [0.1, 0.15) is 6.04 Å². The number of hydrogen-bond donors (Lipinski definition) is 2. The minimum Gasteiger partial charge on any atom is -0.480 e. The van der Waals surface area contributed by atoms with E-state index in [1.54, 1.807) is 6.92 Å². The van der Waals surface area contributed by atoms with Gasteiger partial charge >= 0.3 is 5.97 Å². The molecule has 0 radical (unpaired) electrons. The maximum Gasteiger partial charge on any atom is 0.320 e. The van der Waals surface area contributed by atoms with Crippen LogP contribution < -0.4 is 5.73 Å². The third-order valence-corrected chi connectivity index (χ3v) is 2.35. The van der Waals surface area contributed by atoms with Crippen LogP contribution in [0.2, 0.25) is 0 Å². The molecule has 0 heterocycles. The molecule has 3 nitrogen and oxygen atoms in total. The van der Waals surface area contributed by atoms with Crippen molar-refractivity contribution in [2.75, 3.05) is 0 Å². The lowest BCUT2D eigenvalue weighted by Gasteiger charge is -2.29. The molecule has 3 N–H and O–H groups in total. The van der Waals surface area contributed by atoms with Crippen LogP contribution >= 0.6 is 0 Å². The number of rotatable bonds is 6. The van der Waals surface area contributed by atoms with E-state index in [2.05, 4.69) is 0 Å². The van der Waals surface area contributed by atoms with Gasteiger partial charge in [0.05, 0.1) is 0 Å². The van der Waals surface area contributed by atoms with Gasteiger partial charge in [-0.2, -0.15) is 0 Å². The predicted molar refractivity (Wildman–Crippen MR) is 49.2 cm³/mol. The normalized spacial score (nSPS) is 17.9. The van der Waals surface area contributed by atoms with E-state index in [1.165, 1.54) is 6.92 Å². The van der Waals surface area contributed by atoms with Crippen molar-refractivity contribution in [3.8, 4) is 0 Å². The average Bonchev–Trinajstić information content (AvgIpc) is 2.03. The zero-order chi connectivity index (χ0) is 11.4. The third kappa shape index (κ3) is 3.57. The number of carboxylic acids is 1. The quantitative estimate of drug-likeness (QED) is 0.701. The van der Waals surface area contributed by atoms with Gasteiger partial charge in [0, 0.05) is 5.41 Å². The molecule has 0 unspecified atom stereocenters. The van der Waals surface area contributed by atoms with E-state index >= 15 is 0 Å². The Bertz CT molecular complexity index is 199. The van der Waals surface area contributed by atoms with E-state index in [-0.39, 0.29) is 12.8 Å². The molecule has 0 amide bonds. The van der Waals surface area contributed by atoms with Crippen LogP contribution in [-0.4, -0.2) is 23.5 Å². The van der Waals surface area contributed by atoms with Crippen molar-refractivity contribution < 1.29 is 18.7 Å². The van der Waals surface area contributed by atoms with Crippen molar-refractivity contribution in [1.82, 2.24) is 0 Å². The molecule has 0 spiro atoms. The van der Waals surface area contributed by atoms with Gasteiger partial charge in [-0.25, -0.2) is 8.78 Å². The van der Waals surface area contributed by atoms with E-state index < -0.39 is 23.9 Å². The molecule has 0 saturated carbocycles. The number of hydrogen-bond acceptors (Lipinski definition) is 2. The van der Waals surface area contributed by atoms with Crippen LogP contribution in [0.5, 0.6) is 0 Å². The molecule has 5 heteroatoms. The Labute approximate surface area is 82.3 Å². The minimum atomic E-state index is -2.53. The van der Waals surface area contributed by atoms with E-state index in [0.29, 0.717) is 6.42 Å². The smallest absolute Gasteiger partial charge is 0.320 e. The molecule has 0 aliphatic rings. The number of carbonyl (C=O) groups is 1. The van der Waals surface area contributed by atoms with Crippen LogP contribution in [0.3, 0.4) is 0 Å². The summed E-state index contributed by atoms with van der Waals surface area (Å²) in [4.78, 5) is 10.4. The van der Waals surface area contributed by atoms with Crippen molar-refractivity contribution in [2.24, 2.45) is 11.1 Å². The number of halogens is 2. The van der Waals surface area contributed by atoms with Crippen LogP contribution in [0, 0.1) is 5.41 Å². The SMILES string of the molecule is CCC[C@@](C)(C[C@H](N)C(=O)O)C(F)F. The van der Waals surface area contributed by atoms with Crippen LogP contribution in [-0.2, 0) is 4.79 Å². The van der Waals surface area contributed by atoms with Gasteiger partial charge < -0.3 is 10.8 Å². The Hall–Kier alpha value is -0.710. The van der Waals surface area contributed by atoms with E-state index in [4.69, 9.17) is 10.8 Å². The zero-order valence-electron chi connectivity index (χ0n) is 8.46. The van der Waals surface area contributed by atoms with Crippen LogP contribution in [0.1, 0.15) is 33.1 Å². The number of carboxylic acid groups (broad SMARTS) is 1. The highest BCUT2D eigenvalue weighted by Crippen LogP contribution is 2.35. The fraction of sp³-hybridized carbons (Fsp3) is 0.889. The molecule has 84 valence electrons. The summed E-state index contributed by atoms with van der Waals surface area (Å²) in [6.07, 6.45) is -1.85. The summed E-state index contributed by atoms with van der Waals surface area (Å²) >= 11 is 0. The number of nitrogens with two attached hydrogens (primary N) is 1. The minimum absolute atomic E-state index is 0.187. The molecular weight excluding hydrogens is 192 g/mol. The summed E-state index contributed by atoms with van der Waals surface area (Å²) in [6, 6.07) is -1.21. The maximum atomic E-state index is 12.6. The second kappa shape index (κ2) is 5.24. The topological polar surface area (TPSA) is 63.3 Å². The van der Waals surface area contributed by atoms with Gasteiger partial charge in [0.15, 0.2) is 0 Å². The van der Waals surface area contributed by atoms with E-state index in [9.17, 15) is 13.6 Å². The average molecular weight is 209 g/mol. The Morgan fingerprint density at radius 3 is 2.36 bits per heavy atom. The lowest BCUT2D eigenvalue weighted by molar-refractivity contribution is -0.140. The molecule has 0 aliphatic carbocycles. The van der Waals surface area contributed by atoms with Crippen LogP contribution in [0.15, 0.2) is 0 Å².